The van der Waals surface area contributed by atoms with E-state index in [4.69, 9.17) is 5.73 Å². The fourth-order valence-electron chi connectivity index (χ4n) is 1.36. The molecule has 5 heteroatoms. The fraction of sp³-hybridized carbons (Fsp3) is 0.500. The second kappa shape index (κ2) is 8.66. The van der Waals surface area contributed by atoms with Gasteiger partial charge in [-0.25, -0.2) is 4.98 Å². The summed E-state index contributed by atoms with van der Waals surface area (Å²) in [5, 5.41) is 0. The monoisotopic (exact) mass is 238 g/mol. The lowest BCUT2D eigenvalue weighted by Gasteiger charge is -2.24. The molecule has 0 unspecified atom stereocenters. The van der Waals surface area contributed by atoms with Gasteiger partial charge in [0, 0.05) is 24.3 Å². The van der Waals surface area contributed by atoms with E-state index in [0.29, 0.717) is 24.9 Å². The number of hydrogen-bond acceptors (Lipinski definition) is 5. The van der Waals surface area contributed by atoms with Crippen molar-refractivity contribution in [1.29, 1.82) is 0 Å². The summed E-state index contributed by atoms with van der Waals surface area (Å²) < 4.78 is 0. The van der Waals surface area contributed by atoms with Crippen LogP contribution >= 0.6 is 0 Å². The summed E-state index contributed by atoms with van der Waals surface area (Å²) in [7, 11) is 1.50. The Morgan fingerprint density at radius 3 is 2.59 bits per heavy atom. The van der Waals surface area contributed by atoms with Crippen molar-refractivity contribution >= 4 is 12.1 Å². The van der Waals surface area contributed by atoms with E-state index in [9.17, 15) is 4.79 Å². The van der Waals surface area contributed by atoms with Crippen LogP contribution in [0.1, 0.15) is 19.4 Å². The topological polar surface area (TPSA) is 85.2 Å². The van der Waals surface area contributed by atoms with E-state index >= 15 is 0 Å². The molecule has 0 saturated heterocycles. The number of rotatable bonds is 5. The quantitative estimate of drug-likeness (QED) is 0.736. The average molecular weight is 238 g/mol. The van der Waals surface area contributed by atoms with Gasteiger partial charge in [0.1, 0.15) is 12.1 Å². The summed E-state index contributed by atoms with van der Waals surface area (Å²) in [5.41, 5.74) is 11.2. The maximum Gasteiger partial charge on any atom is 0.134 e. The molecular weight excluding hydrogens is 216 g/mol. The summed E-state index contributed by atoms with van der Waals surface area (Å²) in [4.78, 5) is 16.6. The van der Waals surface area contributed by atoms with Gasteiger partial charge in [-0.2, -0.15) is 0 Å². The highest BCUT2D eigenvalue weighted by Crippen LogP contribution is 2.11. The molecule has 1 aromatic heterocycles. The number of hydrogen-bond donors (Lipinski definition) is 2. The third-order valence-electron chi connectivity index (χ3n) is 2.34. The molecule has 0 aliphatic carbocycles. The van der Waals surface area contributed by atoms with Gasteiger partial charge in [0.05, 0.1) is 6.54 Å². The summed E-state index contributed by atoms with van der Waals surface area (Å²) in [5.74, 6) is 0.536. The van der Waals surface area contributed by atoms with Gasteiger partial charge in [-0.05, 0) is 27.0 Å². The number of anilines is 1. The Kier molecular flexibility index (Phi) is 7.92. The molecule has 1 heterocycles. The first-order valence-electron chi connectivity index (χ1n) is 5.60. The first kappa shape index (κ1) is 15.5. The van der Waals surface area contributed by atoms with Crippen molar-refractivity contribution in [3.05, 3.63) is 23.9 Å². The highest BCUT2D eigenvalue weighted by atomic mass is 16.1. The van der Waals surface area contributed by atoms with Crippen molar-refractivity contribution in [1.82, 2.24) is 9.88 Å². The minimum atomic E-state index is 0.315. The van der Waals surface area contributed by atoms with Crippen LogP contribution in [0.3, 0.4) is 0 Å². The van der Waals surface area contributed by atoms with E-state index < -0.39 is 0 Å². The van der Waals surface area contributed by atoms with E-state index in [0.717, 1.165) is 11.8 Å². The molecule has 0 fully saturated rings. The minimum Gasteiger partial charge on any atom is -0.383 e. The maximum atomic E-state index is 10.5. The molecule has 0 saturated carbocycles. The van der Waals surface area contributed by atoms with Crippen LogP contribution in [0.5, 0.6) is 0 Å². The second-order valence-corrected chi connectivity index (χ2v) is 3.74. The van der Waals surface area contributed by atoms with E-state index in [1.165, 1.54) is 7.05 Å². The van der Waals surface area contributed by atoms with Gasteiger partial charge in [-0.15, -0.1) is 0 Å². The van der Waals surface area contributed by atoms with E-state index in [-0.39, 0.29) is 0 Å². The predicted octanol–water partition coefficient (Wildman–Crippen LogP) is 0.648. The van der Waals surface area contributed by atoms with Gasteiger partial charge in [0.2, 0.25) is 0 Å². The first-order valence-corrected chi connectivity index (χ1v) is 5.60. The minimum absolute atomic E-state index is 0.315. The van der Waals surface area contributed by atoms with E-state index in [1.54, 1.807) is 6.20 Å². The molecule has 0 atom stereocenters. The predicted molar refractivity (Wildman–Crippen MR) is 70.4 cm³/mol. The SMILES string of the molecule is CC(C)N(CC=O)Cc1cccnc1N.CN. The smallest absolute Gasteiger partial charge is 0.134 e. The highest BCUT2D eigenvalue weighted by Gasteiger charge is 2.10. The zero-order valence-corrected chi connectivity index (χ0v) is 10.8. The lowest BCUT2D eigenvalue weighted by atomic mass is 10.2. The maximum absolute atomic E-state index is 10.5. The van der Waals surface area contributed by atoms with Crippen molar-refractivity contribution in [2.75, 3.05) is 19.3 Å². The van der Waals surface area contributed by atoms with Crippen LogP contribution in [0.25, 0.3) is 0 Å². The molecule has 1 rings (SSSR count). The van der Waals surface area contributed by atoms with Crippen molar-refractivity contribution < 1.29 is 4.79 Å². The van der Waals surface area contributed by atoms with Crippen LogP contribution in [0, 0.1) is 0 Å². The summed E-state index contributed by atoms with van der Waals surface area (Å²) >= 11 is 0. The van der Waals surface area contributed by atoms with Crippen molar-refractivity contribution in [3.63, 3.8) is 0 Å². The standard InChI is InChI=1S/C11H17N3O.CH5N/c1-9(2)14(6-7-15)8-10-4-3-5-13-11(10)12;1-2/h3-5,7,9H,6,8H2,1-2H3,(H2,12,13);2H2,1H3. The average Bonchev–Trinajstić information content (AvgIpc) is 2.33. The number of nitrogens with two attached hydrogens (primary N) is 2. The normalized spacial score (nSPS) is 10.0. The molecule has 0 aromatic carbocycles. The van der Waals surface area contributed by atoms with Crippen LogP contribution in [0.4, 0.5) is 5.82 Å². The van der Waals surface area contributed by atoms with E-state index in [2.05, 4.69) is 24.6 Å². The molecule has 17 heavy (non-hydrogen) atoms. The Hall–Kier alpha value is -1.46. The zero-order chi connectivity index (χ0) is 13.3. The third-order valence-corrected chi connectivity index (χ3v) is 2.34. The molecular formula is C12H22N4O. The third kappa shape index (κ3) is 5.42. The van der Waals surface area contributed by atoms with Gasteiger partial charge in [0.25, 0.3) is 0 Å². The Morgan fingerprint density at radius 2 is 2.12 bits per heavy atom. The molecule has 1 aromatic rings. The Bertz CT molecular complexity index is 328. The summed E-state index contributed by atoms with van der Waals surface area (Å²) in [6.07, 6.45) is 2.57. The van der Waals surface area contributed by atoms with E-state index in [1.807, 2.05) is 17.0 Å². The number of nitrogen functional groups attached to an aromatic ring is 1. The van der Waals surface area contributed by atoms with Gasteiger partial charge in [0.15, 0.2) is 0 Å². The van der Waals surface area contributed by atoms with Crippen molar-refractivity contribution in [2.45, 2.75) is 26.4 Å². The molecule has 0 bridgehead atoms. The number of pyridine rings is 1. The summed E-state index contributed by atoms with van der Waals surface area (Å²) in [6.45, 7) is 5.19. The molecule has 0 radical (unpaired) electrons. The Balaban J connectivity index is 0.00000121. The van der Waals surface area contributed by atoms with Crippen LogP contribution < -0.4 is 11.5 Å². The first-order chi connectivity index (χ1) is 8.15. The fourth-order valence-corrected chi connectivity index (χ4v) is 1.36. The largest absolute Gasteiger partial charge is 0.383 e. The van der Waals surface area contributed by atoms with Crippen molar-refractivity contribution in [2.24, 2.45) is 5.73 Å². The molecule has 0 amide bonds. The number of aromatic nitrogens is 1. The molecule has 0 spiro atoms. The molecule has 4 N–H and O–H groups in total. The molecule has 0 aliphatic heterocycles. The van der Waals surface area contributed by atoms with Crippen LogP contribution in [-0.2, 0) is 11.3 Å². The van der Waals surface area contributed by atoms with Gasteiger partial charge in [-0.1, -0.05) is 6.07 Å². The van der Waals surface area contributed by atoms with Crippen LogP contribution in [0.15, 0.2) is 18.3 Å². The number of aldehydes is 1. The highest BCUT2D eigenvalue weighted by molar-refractivity contribution is 5.52. The van der Waals surface area contributed by atoms with Gasteiger partial charge < -0.3 is 16.3 Å². The molecule has 96 valence electrons. The Morgan fingerprint density at radius 1 is 1.47 bits per heavy atom. The number of carbonyl (C=O) groups is 1. The summed E-state index contributed by atoms with van der Waals surface area (Å²) in [6, 6.07) is 4.10. The second-order valence-electron chi connectivity index (χ2n) is 3.74. The number of nitrogens with zero attached hydrogens (tertiary/aromatic N) is 2. The number of carbonyl (C=O) groups excluding carboxylic acids is 1. The van der Waals surface area contributed by atoms with Crippen LogP contribution in [-0.4, -0.2) is 35.8 Å². The lowest BCUT2D eigenvalue weighted by molar-refractivity contribution is -0.109. The van der Waals surface area contributed by atoms with Crippen molar-refractivity contribution in [3.8, 4) is 0 Å². The van der Waals surface area contributed by atoms with Gasteiger partial charge >= 0.3 is 0 Å². The lowest BCUT2D eigenvalue weighted by Crippen LogP contribution is -2.32. The van der Waals surface area contributed by atoms with Crippen LogP contribution in [0.2, 0.25) is 0 Å². The van der Waals surface area contributed by atoms with Gasteiger partial charge in [-0.3, -0.25) is 4.90 Å². The molecule has 0 aliphatic rings. The molecule has 5 nitrogen and oxygen atoms in total. The Labute approximate surface area is 103 Å². The zero-order valence-electron chi connectivity index (χ0n) is 10.8.